The van der Waals surface area contributed by atoms with Crippen LogP contribution in [0.4, 0.5) is 11.4 Å². The Labute approximate surface area is 141 Å². The summed E-state index contributed by atoms with van der Waals surface area (Å²) in [6.07, 6.45) is 0. The quantitative estimate of drug-likeness (QED) is 0.563. The lowest BCUT2D eigenvalue weighted by molar-refractivity contribution is -0.894. The van der Waals surface area contributed by atoms with Crippen LogP contribution in [-0.2, 0) is 6.54 Å². The Bertz CT molecular complexity index is 781. The summed E-state index contributed by atoms with van der Waals surface area (Å²) in [4.78, 5) is 24.9. The number of quaternary nitrogens is 1. The van der Waals surface area contributed by atoms with Crippen LogP contribution in [0.3, 0.4) is 0 Å². The van der Waals surface area contributed by atoms with Gasteiger partial charge in [-0.15, -0.1) is 0 Å². The van der Waals surface area contributed by atoms with Crippen molar-refractivity contribution in [2.24, 2.45) is 0 Å². The van der Waals surface area contributed by atoms with Gasteiger partial charge in [-0.05, 0) is 26.8 Å². The van der Waals surface area contributed by atoms with E-state index in [9.17, 15) is 14.9 Å². The first-order valence-electron chi connectivity index (χ1n) is 8.42. The molecule has 7 heteroatoms. The number of nitrogens with one attached hydrogen (secondary N) is 2. The van der Waals surface area contributed by atoms with Crippen LogP contribution in [-0.4, -0.2) is 35.7 Å². The van der Waals surface area contributed by atoms with Crippen molar-refractivity contribution in [3.05, 3.63) is 44.7 Å². The van der Waals surface area contributed by atoms with Crippen molar-refractivity contribution in [2.75, 3.05) is 31.5 Å². The van der Waals surface area contributed by atoms with Crippen molar-refractivity contribution in [1.29, 1.82) is 0 Å². The number of benzene rings is 1. The van der Waals surface area contributed by atoms with Gasteiger partial charge in [0.05, 0.1) is 36.6 Å². The number of hydrogen-bond acceptors (Lipinski definition) is 4. The fourth-order valence-electron chi connectivity index (χ4n) is 3.02. The van der Waals surface area contributed by atoms with Crippen LogP contribution in [0, 0.1) is 10.1 Å². The van der Waals surface area contributed by atoms with Gasteiger partial charge in [0, 0.05) is 11.9 Å². The van der Waals surface area contributed by atoms with E-state index in [1.54, 1.807) is 0 Å². The molecule has 0 fully saturated rings. The monoisotopic (exact) mass is 333 g/mol. The largest absolute Gasteiger partial charge is 0.373 e. The molecular formula is C17H25N4O3+. The maximum atomic E-state index is 12.6. The molecule has 2 aromatic rings. The normalized spacial score (nSPS) is 11.2. The van der Waals surface area contributed by atoms with E-state index in [2.05, 4.69) is 19.2 Å². The number of nitro groups is 1. The average Bonchev–Trinajstić information content (AvgIpc) is 2.58. The van der Waals surface area contributed by atoms with E-state index in [0.29, 0.717) is 29.7 Å². The summed E-state index contributed by atoms with van der Waals surface area (Å²) in [5.74, 6) is 0. The zero-order valence-electron chi connectivity index (χ0n) is 14.5. The summed E-state index contributed by atoms with van der Waals surface area (Å²) in [6, 6.07) is 7.31. The van der Waals surface area contributed by atoms with Crippen molar-refractivity contribution in [3.8, 4) is 0 Å². The second-order valence-electron chi connectivity index (χ2n) is 5.68. The predicted molar refractivity (Wildman–Crippen MR) is 95.9 cm³/mol. The highest BCUT2D eigenvalue weighted by atomic mass is 16.6. The minimum absolute atomic E-state index is 0.330. The summed E-state index contributed by atoms with van der Waals surface area (Å²) in [5.41, 5.74) is 0.120. The van der Waals surface area contributed by atoms with Gasteiger partial charge in [0.15, 0.2) is 0 Å². The molecule has 0 aliphatic carbocycles. The fourth-order valence-corrected chi connectivity index (χ4v) is 3.02. The van der Waals surface area contributed by atoms with Gasteiger partial charge in [-0.3, -0.25) is 14.9 Å². The highest BCUT2D eigenvalue weighted by Crippen LogP contribution is 2.29. The van der Waals surface area contributed by atoms with Gasteiger partial charge in [0.1, 0.15) is 5.69 Å². The van der Waals surface area contributed by atoms with Gasteiger partial charge in [0.25, 0.3) is 0 Å². The molecule has 0 bridgehead atoms. The molecule has 0 saturated carbocycles. The molecule has 2 N–H and O–H groups in total. The number of rotatable bonds is 8. The molecule has 0 aliphatic heterocycles. The molecule has 24 heavy (non-hydrogen) atoms. The van der Waals surface area contributed by atoms with Crippen molar-refractivity contribution in [1.82, 2.24) is 4.57 Å². The SMILES string of the molecule is CCn1c(=O)c([N+](=O)[O-])c(NCC[NH+](CC)CC)c2ccccc21. The van der Waals surface area contributed by atoms with Gasteiger partial charge >= 0.3 is 11.2 Å². The number of para-hydroxylation sites is 1. The summed E-state index contributed by atoms with van der Waals surface area (Å²) < 4.78 is 1.45. The van der Waals surface area contributed by atoms with Crippen LogP contribution in [0.15, 0.2) is 29.1 Å². The van der Waals surface area contributed by atoms with Gasteiger partial charge in [-0.2, -0.15) is 0 Å². The van der Waals surface area contributed by atoms with E-state index in [1.165, 1.54) is 9.47 Å². The van der Waals surface area contributed by atoms with E-state index < -0.39 is 10.5 Å². The molecule has 0 radical (unpaired) electrons. The van der Waals surface area contributed by atoms with E-state index in [0.717, 1.165) is 19.6 Å². The molecule has 0 unspecified atom stereocenters. The van der Waals surface area contributed by atoms with Crippen molar-refractivity contribution in [3.63, 3.8) is 0 Å². The summed E-state index contributed by atoms with van der Waals surface area (Å²) >= 11 is 0. The fraction of sp³-hybridized carbons (Fsp3) is 0.471. The van der Waals surface area contributed by atoms with E-state index in [1.807, 2.05) is 31.2 Å². The Kier molecular flexibility index (Phi) is 5.92. The maximum Gasteiger partial charge on any atom is 0.357 e. The molecule has 1 aromatic carbocycles. The van der Waals surface area contributed by atoms with Gasteiger partial charge < -0.3 is 14.8 Å². The third-order valence-electron chi connectivity index (χ3n) is 4.43. The number of aryl methyl sites for hydroxylation is 1. The highest BCUT2D eigenvalue weighted by molar-refractivity contribution is 5.96. The van der Waals surface area contributed by atoms with Gasteiger partial charge in [0.2, 0.25) is 0 Å². The standard InChI is InChI=1S/C17H24N4O3/c1-4-19(5-2)12-11-18-15-13-9-7-8-10-14(13)20(6-3)17(22)16(15)21(23)24/h7-10,18H,4-6,11-12H2,1-3H3/p+1. The first-order valence-corrected chi connectivity index (χ1v) is 8.42. The Morgan fingerprint density at radius 2 is 1.88 bits per heavy atom. The van der Waals surface area contributed by atoms with Gasteiger partial charge in [-0.25, -0.2) is 0 Å². The second kappa shape index (κ2) is 7.92. The smallest absolute Gasteiger partial charge is 0.357 e. The van der Waals surface area contributed by atoms with Crippen LogP contribution in [0.2, 0.25) is 0 Å². The first kappa shape index (κ1) is 17.9. The van der Waals surface area contributed by atoms with E-state index in [4.69, 9.17) is 0 Å². The number of nitrogens with zero attached hydrogens (tertiary/aromatic N) is 2. The molecule has 0 atom stereocenters. The molecule has 0 saturated heterocycles. The molecule has 2 rings (SSSR count). The lowest BCUT2D eigenvalue weighted by Gasteiger charge is -2.17. The second-order valence-corrected chi connectivity index (χ2v) is 5.68. The molecule has 130 valence electrons. The minimum Gasteiger partial charge on any atom is -0.373 e. The Balaban J connectivity index is 2.52. The van der Waals surface area contributed by atoms with Crippen molar-refractivity contribution in [2.45, 2.75) is 27.3 Å². The van der Waals surface area contributed by atoms with E-state index >= 15 is 0 Å². The molecule has 7 nitrogen and oxygen atoms in total. The van der Waals surface area contributed by atoms with Crippen molar-refractivity contribution >= 4 is 22.3 Å². The van der Waals surface area contributed by atoms with Crippen LogP contribution in [0.5, 0.6) is 0 Å². The first-order chi connectivity index (χ1) is 11.5. The minimum atomic E-state index is -0.576. The third-order valence-corrected chi connectivity index (χ3v) is 4.43. The Morgan fingerprint density at radius 3 is 2.46 bits per heavy atom. The summed E-state index contributed by atoms with van der Waals surface area (Å²) in [6.45, 7) is 9.85. The number of fused-ring (bicyclic) bond motifs is 1. The topological polar surface area (TPSA) is 81.6 Å². The molecule has 0 aliphatic rings. The zero-order chi connectivity index (χ0) is 17.7. The molecule has 0 amide bonds. The lowest BCUT2D eigenvalue weighted by Crippen LogP contribution is -3.12. The Hall–Kier alpha value is -2.41. The highest BCUT2D eigenvalue weighted by Gasteiger charge is 2.25. The third kappa shape index (κ3) is 3.41. The number of likely N-dealkylation sites (N-methyl/N-ethyl adjacent to an activating group) is 1. The molecule has 0 spiro atoms. The maximum absolute atomic E-state index is 12.6. The van der Waals surface area contributed by atoms with Crippen LogP contribution in [0.25, 0.3) is 10.9 Å². The van der Waals surface area contributed by atoms with Crippen LogP contribution < -0.4 is 15.8 Å². The zero-order valence-corrected chi connectivity index (χ0v) is 14.5. The van der Waals surface area contributed by atoms with Crippen LogP contribution >= 0.6 is 0 Å². The molecular weight excluding hydrogens is 308 g/mol. The lowest BCUT2D eigenvalue weighted by atomic mass is 10.1. The predicted octanol–water partition coefficient (Wildman–Crippen LogP) is 1.27. The Morgan fingerprint density at radius 1 is 1.21 bits per heavy atom. The number of hydrogen-bond donors (Lipinski definition) is 2. The number of pyridine rings is 1. The molecule has 1 aromatic heterocycles. The summed E-state index contributed by atoms with van der Waals surface area (Å²) in [7, 11) is 0. The van der Waals surface area contributed by atoms with Crippen LogP contribution in [0.1, 0.15) is 20.8 Å². The van der Waals surface area contributed by atoms with Gasteiger partial charge in [-0.1, -0.05) is 18.2 Å². The average molecular weight is 333 g/mol. The van der Waals surface area contributed by atoms with E-state index in [-0.39, 0.29) is 5.69 Å². The molecule has 1 heterocycles. The number of anilines is 1. The number of aromatic nitrogens is 1. The summed E-state index contributed by atoms with van der Waals surface area (Å²) in [5, 5.41) is 15.4. The van der Waals surface area contributed by atoms with Crippen molar-refractivity contribution < 1.29 is 9.82 Å².